The summed E-state index contributed by atoms with van der Waals surface area (Å²) in [5.41, 5.74) is 3.57. The van der Waals surface area contributed by atoms with Gasteiger partial charge in [-0.25, -0.2) is 0 Å². The topological polar surface area (TPSA) is 32.3 Å². The maximum atomic E-state index is 12.0. The van der Waals surface area contributed by atoms with E-state index >= 15 is 0 Å². The Hall–Kier alpha value is -1.65. The summed E-state index contributed by atoms with van der Waals surface area (Å²) in [6, 6.07) is 16.3. The number of carbonyl (C=O) groups is 1. The van der Waals surface area contributed by atoms with Crippen molar-refractivity contribution in [2.75, 3.05) is 23.7 Å². The maximum absolute atomic E-state index is 12.0. The Balaban J connectivity index is 1.38. The summed E-state index contributed by atoms with van der Waals surface area (Å²) in [5.74, 6) is 1.31. The van der Waals surface area contributed by atoms with Crippen LogP contribution in [0.2, 0.25) is 5.02 Å². The first kappa shape index (κ1) is 19.1. The Labute approximate surface area is 165 Å². The summed E-state index contributed by atoms with van der Waals surface area (Å²) in [5, 5.41) is 3.73. The highest BCUT2D eigenvalue weighted by molar-refractivity contribution is 7.99. The van der Waals surface area contributed by atoms with Crippen LogP contribution in [0.1, 0.15) is 30.4 Å². The lowest BCUT2D eigenvalue weighted by Crippen LogP contribution is -2.29. The molecule has 1 heterocycles. The van der Waals surface area contributed by atoms with Crippen molar-refractivity contribution in [1.82, 2.24) is 5.32 Å². The number of anilines is 1. The van der Waals surface area contributed by atoms with Crippen LogP contribution in [-0.4, -0.2) is 24.7 Å². The average molecular weight is 389 g/mol. The van der Waals surface area contributed by atoms with Crippen molar-refractivity contribution in [3.05, 3.63) is 64.7 Å². The van der Waals surface area contributed by atoms with Crippen molar-refractivity contribution < 1.29 is 4.79 Å². The number of carbonyl (C=O) groups excluding carboxylic acids is 1. The van der Waals surface area contributed by atoms with Gasteiger partial charge in [-0.3, -0.25) is 4.79 Å². The molecule has 3 nitrogen and oxygen atoms in total. The van der Waals surface area contributed by atoms with E-state index in [4.69, 9.17) is 11.6 Å². The summed E-state index contributed by atoms with van der Waals surface area (Å²) in [4.78, 5) is 14.5. The van der Waals surface area contributed by atoms with Crippen LogP contribution in [0.4, 0.5) is 5.69 Å². The Bertz CT molecular complexity index is 714. The number of rotatable bonds is 7. The van der Waals surface area contributed by atoms with Gasteiger partial charge in [-0.1, -0.05) is 35.9 Å². The van der Waals surface area contributed by atoms with E-state index in [0.29, 0.717) is 12.3 Å². The molecule has 1 saturated heterocycles. The standard InChI is InChI=1S/C21H25ClN2OS/c22-19-6-4-5-18(13-19)15-26-16-21(25)23-14-17-7-9-20(10-8-17)24-11-2-1-3-12-24/h4-10,13H,1-3,11-12,14-16H2,(H,23,25). The van der Waals surface area contributed by atoms with Gasteiger partial charge in [0.15, 0.2) is 0 Å². The van der Waals surface area contributed by atoms with Crippen LogP contribution in [0.3, 0.4) is 0 Å². The highest BCUT2D eigenvalue weighted by atomic mass is 35.5. The highest BCUT2D eigenvalue weighted by Gasteiger charge is 2.10. The number of nitrogens with zero attached hydrogens (tertiary/aromatic N) is 1. The predicted octanol–water partition coefficient (Wildman–Crippen LogP) is 4.88. The van der Waals surface area contributed by atoms with E-state index in [1.165, 1.54) is 24.9 Å². The van der Waals surface area contributed by atoms with Crippen molar-refractivity contribution in [3.63, 3.8) is 0 Å². The number of benzene rings is 2. The minimum atomic E-state index is 0.0668. The van der Waals surface area contributed by atoms with Gasteiger partial charge in [-0.15, -0.1) is 11.8 Å². The second kappa shape index (κ2) is 9.89. The van der Waals surface area contributed by atoms with Crippen LogP contribution in [-0.2, 0) is 17.1 Å². The molecule has 5 heteroatoms. The van der Waals surface area contributed by atoms with Crippen LogP contribution in [0.25, 0.3) is 0 Å². The maximum Gasteiger partial charge on any atom is 0.230 e. The molecule has 2 aromatic rings. The lowest BCUT2D eigenvalue weighted by atomic mass is 10.1. The molecule has 1 fully saturated rings. The number of halogens is 1. The van der Waals surface area contributed by atoms with Gasteiger partial charge in [-0.05, 0) is 54.7 Å². The lowest BCUT2D eigenvalue weighted by Gasteiger charge is -2.28. The molecule has 0 bridgehead atoms. The number of piperidine rings is 1. The molecule has 0 unspecified atom stereocenters. The number of nitrogens with one attached hydrogen (secondary N) is 1. The molecule has 0 aromatic heterocycles. The molecular weight excluding hydrogens is 364 g/mol. The van der Waals surface area contributed by atoms with Gasteiger partial charge < -0.3 is 10.2 Å². The van der Waals surface area contributed by atoms with E-state index < -0.39 is 0 Å². The Morgan fingerprint density at radius 3 is 2.54 bits per heavy atom. The molecule has 1 aliphatic heterocycles. The third kappa shape index (κ3) is 5.96. The second-order valence-corrected chi connectivity index (χ2v) is 8.04. The minimum Gasteiger partial charge on any atom is -0.372 e. The molecule has 0 radical (unpaired) electrons. The smallest absolute Gasteiger partial charge is 0.230 e. The van der Waals surface area contributed by atoms with Crippen LogP contribution < -0.4 is 10.2 Å². The van der Waals surface area contributed by atoms with Gasteiger partial charge in [0, 0.05) is 36.1 Å². The SMILES string of the molecule is O=C(CSCc1cccc(Cl)c1)NCc1ccc(N2CCCCC2)cc1. The van der Waals surface area contributed by atoms with Crippen LogP contribution in [0.15, 0.2) is 48.5 Å². The van der Waals surface area contributed by atoms with Crippen molar-refractivity contribution in [2.45, 2.75) is 31.6 Å². The summed E-state index contributed by atoms with van der Waals surface area (Å²) in [6.07, 6.45) is 3.91. The zero-order valence-corrected chi connectivity index (χ0v) is 16.5. The number of hydrogen-bond donors (Lipinski definition) is 1. The molecule has 0 aliphatic carbocycles. The van der Waals surface area contributed by atoms with E-state index in [1.54, 1.807) is 11.8 Å². The molecule has 3 rings (SSSR count). The van der Waals surface area contributed by atoms with E-state index in [-0.39, 0.29) is 5.91 Å². The molecular formula is C21H25ClN2OS. The van der Waals surface area contributed by atoms with Crippen LogP contribution in [0, 0.1) is 0 Å². The Morgan fingerprint density at radius 2 is 1.81 bits per heavy atom. The molecule has 1 N–H and O–H groups in total. The highest BCUT2D eigenvalue weighted by Crippen LogP contribution is 2.20. The van der Waals surface area contributed by atoms with Crippen molar-refractivity contribution in [3.8, 4) is 0 Å². The van der Waals surface area contributed by atoms with E-state index in [2.05, 4.69) is 34.5 Å². The largest absolute Gasteiger partial charge is 0.372 e. The van der Waals surface area contributed by atoms with Crippen LogP contribution in [0.5, 0.6) is 0 Å². The molecule has 138 valence electrons. The van der Waals surface area contributed by atoms with E-state index in [9.17, 15) is 4.79 Å². The van der Waals surface area contributed by atoms with Gasteiger partial charge in [0.2, 0.25) is 5.91 Å². The molecule has 2 aromatic carbocycles. The molecule has 1 aliphatic rings. The lowest BCUT2D eigenvalue weighted by molar-refractivity contribution is -0.118. The molecule has 1 amide bonds. The normalized spacial score (nSPS) is 14.3. The minimum absolute atomic E-state index is 0.0668. The average Bonchev–Trinajstić information content (AvgIpc) is 2.68. The third-order valence-corrected chi connectivity index (χ3v) is 5.78. The first-order valence-corrected chi connectivity index (χ1v) is 10.7. The molecule has 26 heavy (non-hydrogen) atoms. The molecule has 0 atom stereocenters. The van der Waals surface area contributed by atoms with Crippen molar-refractivity contribution >= 4 is 35.0 Å². The molecule has 0 spiro atoms. The first-order chi connectivity index (χ1) is 12.7. The number of thioether (sulfide) groups is 1. The third-order valence-electron chi connectivity index (χ3n) is 4.54. The molecule has 0 saturated carbocycles. The summed E-state index contributed by atoms with van der Waals surface area (Å²) in [6.45, 7) is 2.89. The number of amides is 1. The van der Waals surface area contributed by atoms with E-state index in [1.807, 2.05) is 24.3 Å². The Kier molecular flexibility index (Phi) is 7.27. The number of hydrogen-bond acceptors (Lipinski definition) is 3. The summed E-state index contributed by atoms with van der Waals surface area (Å²) < 4.78 is 0. The first-order valence-electron chi connectivity index (χ1n) is 9.13. The Morgan fingerprint density at radius 1 is 1.04 bits per heavy atom. The van der Waals surface area contributed by atoms with E-state index in [0.717, 1.165) is 35.0 Å². The van der Waals surface area contributed by atoms with Gasteiger partial charge in [0.25, 0.3) is 0 Å². The fourth-order valence-electron chi connectivity index (χ4n) is 3.12. The quantitative estimate of drug-likeness (QED) is 0.733. The van der Waals surface area contributed by atoms with Gasteiger partial charge in [0.1, 0.15) is 0 Å². The monoisotopic (exact) mass is 388 g/mol. The fraction of sp³-hybridized carbons (Fsp3) is 0.381. The van der Waals surface area contributed by atoms with Gasteiger partial charge in [0.05, 0.1) is 5.75 Å². The summed E-state index contributed by atoms with van der Waals surface area (Å²) >= 11 is 7.58. The van der Waals surface area contributed by atoms with Crippen LogP contribution >= 0.6 is 23.4 Å². The second-order valence-electron chi connectivity index (χ2n) is 6.61. The van der Waals surface area contributed by atoms with Gasteiger partial charge in [-0.2, -0.15) is 0 Å². The summed E-state index contributed by atoms with van der Waals surface area (Å²) in [7, 11) is 0. The van der Waals surface area contributed by atoms with Crippen molar-refractivity contribution in [2.24, 2.45) is 0 Å². The zero-order valence-electron chi connectivity index (χ0n) is 14.9. The predicted molar refractivity (Wildman–Crippen MR) is 112 cm³/mol. The zero-order chi connectivity index (χ0) is 18.2. The fourth-order valence-corrected chi connectivity index (χ4v) is 4.13. The van der Waals surface area contributed by atoms with Crippen molar-refractivity contribution in [1.29, 1.82) is 0 Å². The van der Waals surface area contributed by atoms with Gasteiger partial charge >= 0.3 is 0 Å².